The molecule has 0 spiro atoms. The van der Waals surface area contributed by atoms with Gasteiger partial charge in [-0.25, -0.2) is 13.8 Å². The van der Waals surface area contributed by atoms with E-state index in [-0.39, 0.29) is 11.6 Å². The number of halogens is 2. The van der Waals surface area contributed by atoms with Gasteiger partial charge in [0.05, 0.1) is 16.3 Å². The number of para-hydroxylation sites is 2. The average molecular weight is 361 g/mol. The summed E-state index contributed by atoms with van der Waals surface area (Å²) >= 11 is 1.33. The smallest absolute Gasteiger partial charge is 0.237 e. The summed E-state index contributed by atoms with van der Waals surface area (Å²) in [5, 5.41) is 2.90. The molecule has 1 atom stereocenters. The van der Waals surface area contributed by atoms with Crippen molar-refractivity contribution in [2.24, 2.45) is 0 Å². The SMILES string of the molecule is CCn1c(SC(C)C(=O)Nc2ccc(F)c(F)c2)nc2ccccc21. The number of nitrogens with zero attached hydrogens (tertiary/aromatic N) is 2. The van der Waals surface area contributed by atoms with E-state index in [0.29, 0.717) is 0 Å². The first-order valence-corrected chi connectivity index (χ1v) is 8.75. The van der Waals surface area contributed by atoms with Crippen LogP contribution in [0.15, 0.2) is 47.6 Å². The molecular weight excluding hydrogens is 344 g/mol. The number of hydrogen-bond donors (Lipinski definition) is 1. The molecule has 3 rings (SSSR count). The maximum Gasteiger partial charge on any atom is 0.237 e. The summed E-state index contributed by atoms with van der Waals surface area (Å²) in [6.07, 6.45) is 0. The number of rotatable bonds is 5. The van der Waals surface area contributed by atoms with Crippen LogP contribution in [0.2, 0.25) is 0 Å². The van der Waals surface area contributed by atoms with Crippen molar-refractivity contribution in [2.75, 3.05) is 5.32 Å². The van der Waals surface area contributed by atoms with Crippen LogP contribution in [0, 0.1) is 11.6 Å². The molecule has 4 nitrogen and oxygen atoms in total. The molecule has 0 aliphatic rings. The highest BCUT2D eigenvalue weighted by molar-refractivity contribution is 8.00. The lowest BCUT2D eigenvalue weighted by molar-refractivity contribution is -0.115. The lowest BCUT2D eigenvalue weighted by Crippen LogP contribution is -2.23. The van der Waals surface area contributed by atoms with Crippen LogP contribution in [0.25, 0.3) is 11.0 Å². The Labute approximate surface area is 148 Å². The number of fused-ring (bicyclic) bond motifs is 1. The van der Waals surface area contributed by atoms with Gasteiger partial charge in [0.2, 0.25) is 5.91 Å². The standard InChI is InChI=1S/C18H17F2N3OS/c1-3-23-16-7-5-4-6-15(16)22-18(23)25-11(2)17(24)21-12-8-9-13(19)14(20)10-12/h4-11H,3H2,1-2H3,(H,21,24). The number of imidazole rings is 1. The molecule has 0 radical (unpaired) electrons. The van der Waals surface area contributed by atoms with E-state index in [0.717, 1.165) is 34.9 Å². The molecule has 0 saturated heterocycles. The van der Waals surface area contributed by atoms with Crippen LogP contribution in [0.1, 0.15) is 13.8 Å². The molecule has 0 bridgehead atoms. The number of benzene rings is 2. The minimum atomic E-state index is -0.995. The van der Waals surface area contributed by atoms with Crippen molar-refractivity contribution >= 4 is 34.4 Å². The fourth-order valence-corrected chi connectivity index (χ4v) is 3.47. The summed E-state index contributed by atoms with van der Waals surface area (Å²) in [6, 6.07) is 11.1. The predicted molar refractivity (Wildman–Crippen MR) is 95.7 cm³/mol. The number of anilines is 1. The first kappa shape index (κ1) is 17.4. The minimum Gasteiger partial charge on any atom is -0.325 e. The first-order valence-electron chi connectivity index (χ1n) is 7.87. The maximum atomic E-state index is 13.2. The van der Waals surface area contributed by atoms with Gasteiger partial charge in [0, 0.05) is 18.3 Å². The fraction of sp³-hybridized carbons (Fsp3) is 0.222. The van der Waals surface area contributed by atoms with Gasteiger partial charge in [-0.15, -0.1) is 0 Å². The van der Waals surface area contributed by atoms with Crippen molar-refractivity contribution in [3.05, 3.63) is 54.1 Å². The van der Waals surface area contributed by atoms with E-state index in [1.807, 2.05) is 35.8 Å². The molecule has 130 valence electrons. The third kappa shape index (κ3) is 3.66. The maximum absolute atomic E-state index is 13.2. The predicted octanol–water partition coefficient (Wildman–Crippen LogP) is 4.45. The molecule has 1 unspecified atom stereocenters. The molecule has 0 saturated carbocycles. The van der Waals surface area contributed by atoms with Gasteiger partial charge in [0.25, 0.3) is 0 Å². The zero-order valence-corrected chi connectivity index (χ0v) is 14.6. The molecule has 7 heteroatoms. The number of carbonyl (C=O) groups excluding carboxylic acids is 1. The van der Waals surface area contributed by atoms with Crippen molar-refractivity contribution in [1.82, 2.24) is 9.55 Å². The Bertz CT molecular complexity index is 926. The Kier molecular flexibility index (Phi) is 5.03. The lowest BCUT2D eigenvalue weighted by atomic mass is 10.3. The number of hydrogen-bond acceptors (Lipinski definition) is 3. The second kappa shape index (κ2) is 7.23. The Hall–Kier alpha value is -2.41. The van der Waals surface area contributed by atoms with Gasteiger partial charge in [-0.05, 0) is 38.1 Å². The summed E-state index contributed by atoms with van der Waals surface area (Å²) in [6.45, 7) is 4.50. The van der Waals surface area contributed by atoms with E-state index in [9.17, 15) is 13.6 Å². The van der Waals surface area contributed by atoms with E-state index in [1.54, 1.807) is 6.92 Å². The van der Waals surface area contributed by atoms with Gasteiger partial charge in [0.1, 0.15) is 0 Å². The molecule has 3 aromatic rings. The molecule has 25 heavy (non-hydrogen) atoms. The topological polar surface area (TPSA) is 46.9 Å². The fourth-order valence-electron chi connectivity index (χ4n) is 2.48. The summed E-state index contributed by atoms with van der Waals surface area (Å²) < 4.78 is 28.3. The normalized spacial score (nSPS) is 12.3. The van der Waals surface area contributed by atoms with Gasteiger partial charge < -0.3 is 9.88 Å². The highest BCUT2D eigenvalue weighted by Crippen LogP contribution is 2.28. The molecule has 2 aromatic carbocycles. The second-order valence-electron chi connectivity index (χ2n) is 5.51. The van der Waals surface area contributed by atoms with E-state index in [2.05, 4.69) is 10.3 Å². The van der Waals surface area contributed by atoms with Crippen LogP contribution < -0.4 is 5.32 Å². The Morgan fingerprint density at radius 2 is 2.00 bits per heavy atom. The van der Waals surface area contributed by atoms with Crippen LogP contribution in [-0.4, -0.2) is 20.7 Å². The van der Waals surface area contributed by atoms with Gasteiger partial charge in [-0.2, -0.15) is 0 Å². The molecule has 1 aromatic heterocycles. The van der Waals surface area contributed by atoms with Gasteiger partial charge in [0.15, 0.2) is 16.8 Å². The quantitative estimate of drug-likeness (QED) is 0.683. The van der Waals surface area contributed by atoms with E-state index >= 15 is 0 Å². The second-order valence-corrected chi connectivity index (χ2v) is 6.81. The Morgan fingerprint density at radius 1 is 1.24 bits per heavy atom. The highest BCUT2D eigenvalue weighted by Gasteiger charge is 2.19. The molecule has 0 fully saturated rings. The molecule has 1 N–H and O–H groups in total. The van der Waals surface area contributed by atoms with Crippen LogP contribution >= 0.6 is 11.8 Å². The van der Waals surface area contributed by atoms with E-state index < -0.39 is 16.9 Å². The summed E-state index contributed by atoms with van der Waals surface area (Å²) in [5.41, 5.74) is 2.11. The van der Waals surface area contributed by atoms with Crippen LogP contribution in [0.3, 0.4) is 0 Å². The summed E-state index contributed by atoms with van der Waals surface area (Å²) in [4.78, 5) is 16.9. The lowest BCUT2D eigenvalue weighted by Gasteiger charge is -2.13. The van der Waals surface area contributed by atoms with Crippen LogP contribution in [0.4, 0.5) is 14.5 Å². The Balaban J connectivity index is 1.76. The van der Waals surface area contributed by atoms with Crippen LogP contribution in [0.5, 0.6) is 0 Å². The van der Waals surface area contributed by atoms with E-state index in [4.69, 9.17) is 0 Å². The number of amides is 1. The zero-order chi connectivity index (χ0) is 18.0. The summed E-state index contributed by atoms with van der Waals surface area (Å²) in [5.74, 6) is -2.24. The van der Waals surface area contributed by atoms with Gasteiger partial charge in [-0.3, -0.25) is 4.79 Å². The highest BCUT2D eigenvalue weighted by atomic mass is 32.2. The number of thioether (sulfide) groups is 1. The van der Waals surface area contributed by atoms with Crippen molar-refractivity contribution in [3.8, 4) is 0 Å². The number of carbonyl (C=O) groups is 1. The minimum absolute atomic E-state index is 0.223. The van der Waals surface area contributed by atoms with Crippen molar-refractivity contribution < 1.29 is 13.6 Å². The van der Waals surface area contributed by atoms with Crippen molar-refractivity contribution in [2.45, 2.75) is 30.8 Å². The van der Waals surface area contributed by atoms with Crippen molar-refractivity contribution in [1.29, 1.82) is 0 Å². The molecular formula is C18H17F2N3OS. The molecule has 0 aliphatic heterocycles. The molecule has 1 amide bonds. The molecule has 0 aliphatic carbocycles. The number of aromatic nitrogens is 2. The largest absolute Gasteiger partial charge is 0.325 e. The third-order valence-electron chi connectivity index (χ3n) is 3.77. The summed E-state index contributed by atoms with van der Waals surface area (Å²) in [7, 11) is 0. The monoisotopic (exact) mass is 361 g/mol. The Morgan fingerprint density at radius 3 is 2.72 bits per heavy atom. The van der Waals surface area contributed by atoms with E-state index in [1.165, 1.54) is 17.8 Å². The van der Waals surface area contributed by atoms with Crippen molar-refractivity contribution in [3.63, 3.8) is 0 Å². The van der Waals surface area contributed by atoms with Gasteiger partial charge in [-0.1, -0.05) is 23.9 Å². The van der Waals surface area contributed by atoms with Gasteiger partial charge >= 0.3 is 0 Å². The zero-order valence-electron chi connectivity index (χ0n) is 13.8. The number of nitrogens with one attached hydrogen (secondary N) is 1. The first-order chi connectivity index (χ1) is 12.0. The molecule has 1 heterocycles. The van der Waals surface area contributed by atoms with Crippen LogP contribution in [-0.2, 0) is 11.3 Å². The third-order valence-corrected chi connectivity index (χ3v) is 4.86. The number of aryl methyl sites for hydroxylation is 1. The average Bonchev–Trinajstić information content (AvgIpc) is 2.95.